The van der Waals surface area contributed by atoms with Gasteiger partial charge in [0.1, 0.15) is 5.75 Å². The van der Waals surface area contributed by atoms with Gasteiger partial charge in [0.2, 0.25) is 0 Å². The van der Waals surface area contributed by atoms with Crippen LogP contribution >= 0.6 is 0 Å². The third kappa shape index (κ3) is 2.59. The molecule has 1 atom stereocenters. The van der Waals surface area contributed by atoms with Gasteiger partial charge in [-0.05, 0) is 38.1 Å². The van der Waals surface area contributed by atoms with E-state index in [1.54, 1.807) is 36.2 Å². The number of hydrogen-bond acceptors (Lipinski definition) is 4. The quantitative estimate of drug-likeness (QED) is 0.801. The predicted octanol–water partition coefficient (Wildman–Crippen LogP) is 2.24. The summed E-state index contributed by atoms with van der Waals surface area (Å²) in [5.41, 5.74) is 2.55. The van der Waals surface area contributed by atoms with Crippen LogP contribution in [0.1, 0.15) is 24.4 Å². The summed E-state index contributed by atoms with van der Waals surface area (Å²) in [6.07, 6.45) is 2.27. The van der Waals surface area contributed by atoms with Gasteiger partial charge in [-0.25, -0.2) is 4.98 Å². The van der Waals surface area contributed by atoms with E-state index in [-0.39, 0.29) is 11.6 Å². The first kappa shape index (κ1) is 14.3. The summed E-state index contributed by atoms with van der Waals surface area (Å²) in [7, 11) is 1.58. The van der Waals surface area contributed by atoms with Gasteiger partial charge in [0, 0.05) is 18.2 Å². The van der Waals surface area contributed by atoms with Gasteiger partial charge in [-0.3, -0.25) is 14.5 Å². The number of aromatic amines is 1. The third-order valence-corrected chi connectivity index (χ3v) is 3.73. The number of nitrogens with zero attached hydrogens (tertiary/aromatic N) is 3. The maximum absolute atomic E-state index is 12.7. The Morgan fingerprint density at radius 2 is 2.18 bits per heavy atom. The Hall–Kier alpha value is -2.63. The molecule has 0 aliphatic carbocycles. The average molecular weight is 298 g/mol. The first-order chi connectivity index (χ1) is 10.6. The minimum absolute atomic E-state index is 0.0294. The number of methoxy groups -OCH3 is 1. The number of aryl methyl sites for hydroxylation is 1. The van der Waals surface area contributed by atoms with Gasteiger partial charge < -0.3 is 4.74 Å². The zero-order valence-corrected chi connectivity index (χ0v) is 12.8. The van der Waals surface area contributed by atoms with E-state index in [1.165, 1.54) is 0 Å². The molecule has 6 nitrogen and oxygen atoms in total. The highest BCUT2D eigenvalue weighted by molar-refractivity contribution is 5.78. The van der Waals surface area contributed by atoms with Crippen LogP contribution in [0.15, 0.2) is 35.4 Å². The molecular formula is C16H18N4O2. The van der Waals surface area contributed by atoms with E-state index in [2.05, 4.69) is 15.2 Å². The number of nitrogens with one attached hydrogen (secondary N) is 1. The largest absolute Gasteiger partial charge is 0.497 e. The highest BCUT2D eigenvalue weighted by Gasteiger charge is 2.13. The number of H-pyrrole nitrogens is 1. The van der Waals surface area contributed by atoms with E-state index in [0.717, 1.165) is 11.4 Å². The average Bonchev–Trinajstić information content (AvgIpc) is 2.92. The standard InChI is InChI=1S/C16H18N4O2/c1-10-6-12(19-18-10)7-11(2)20-9-17-15-5-4-13(22-3)8-14(15)16(20)21/h4-6,8-9,11H,7H2,1-3H3,(H,18,19)/t11-/m0/s1. The molecule has 1 N–H and O–H groups in total. The lowest BCUT2D eigenvalue weighted by Crippen LogP contribution is -2.25. The summed E-state index contributed by atoms with van der Waals surface area (Å²) in [4.78, 5) is 17.0. The zero-order valence-electron chi connectivity index (χ0n) is 12.8. The van der Waals surface area contributed by atoms with Crippen LogP contribution < -0.4 is 10.3 Å². The molecule has 22 heavy (non-hydrogen) atoms. The summed E-state index contributed by atoms with van der Waals surface area (Å²) < 4.78 is 6.83. The Kier molecular flexibility index (Phi) is 3.66. The monoisotopic (exact) mass is 298 g/mol. The molecule has 2 heterocycles. The van der Waals surface area contributed by atoms with Gasteiger partial charge in [-0.1, -0.05) is 0 Å². The second-order valence-corrected chi connectivity index (χ2v) is 5.44. The van der Waals surface area contributed by atoms with Crippen LogP contribution in [0.5, 0.6) is 5.75 Å². The number of rotatable bonds is 4. The highest BCUT2D eigenvalue weighted by atomic mass is 16.5. The van der Waals surface area contributed by atoms with Gasteiger partial charge in [0.05, 0.1) is 30.0 Å². The Balaban J connectivity index is 1.99. The molecule has 3 rings (SSSR count). The molecule has 0 aliphatic rings. The molecule has 0 saturated carbocycles. The molecule has 3 aromatic rings. The third-order valence-electron chi connectivity index (χ3n) is 3.73. The minimum Gasteiger partial charge on any atom is -0.497 e. The van der Waals surface area contributed by atoms with Crippen LogP contribution in [-0.4, -0.2) is 26.9 Å². The minimum atomic E-state index is -0.0661. The van der Waals surface area contributed by atoms with E-state index in [4.69, 9.17) is 4.74 Å². The fourth-order valence-corrected chi connectivity index (χ4v) is 2.54. The molecule has 0 bridgehead atoms. The lowest BCUT2D eigenvalue weighted by Gasteiger charge is -2.14. The normalized spacial score (nSPS) is 12.5. The van der Waals surface area contributed by atoms with Crippen molar-refractivity contribution in [2.75, 3.05) is 7.11 Å². The molecule has 0 aliphatic heterocycles. The number of hydrogen-bond donors (Lipinski definition) is 1. The van der Waals surface area contributed by atoms with Crippen molar-refractivity contribution in [3.8, 4) is 5.75 Å². The van der Waals surface area contributed by atoms with Crippen molar-refractivity contribution in [3.05, 3.63) is 52.3 Å². The molecule has 0 amide bonds. The second kappa shape index (κ2) is 5.63. The maximum Gasteiger partial charge on any atom is 0.261 e. The summed E-state index contributed by atoms with van der Waals surface area (Å²) in [6.45, 7) is 3.94. The lowest BCUT2D eigenvalue weighted by atomic mass is 10.1. The molecule has 0 fully saturated rings. The van der Waals surface area contributed by atoms with Gasteiger partial charge in [-0.15, -0.1) is 0 Å². The van der Waals surface area contributed by atoms with Crippen LogP contribution in [0.25, 0.3) is 10.9 Å². The van der Waals surface area contributed by atoms with Crippen LogP contribution in [0.4, 0.5) is 0 Å². The van der Waals surface area contributed by atoms with Gasteiger partial charge >= 0.3 is 0 Å². The summed E-state index contributed by atoms with van der Waals surface area (Å²) in [5.74, 6) is 0.653. The van der Waals surface area contributed by atoms with Gasteiger partial charge in [0.25, 0.3) is 5.56 Å². The molecule has 0 radical (unpaired) electrons. The number of aromatic nitrogens is 4. The van der Waals surface area contributed by atoms with Crippen LogP contribution in [0.3, 0.4) is 0 Å². The zero-order chi connectivity index (χ0) is 15.7. The Bertz CT molecular complexity index is 866. The van der Waals surface area contributed by atoms with Crippen molar-refractivity contribution in [1.82, 2.24) is 19.7 Å². The van der Waals surface area contributed by atoms with Crippen LogP contribution in [0, 0.1) is 6.92 Å². The Morgan fingerprint density at radius 3 is 2.86 bits per heavy atom. The lowest BCUT2D eigenvalue weighted by molar-refractivity contribution is 0.415. The molecule has 2 aromatic heterocycles. The topological polar surface area (TPSA) is 72.8 Å². The molecule has 6 heteroatoms. The maximum atomic E-state index is 12.7. The van der Waals surface area contributed by atoms with E-state index in [9.17, 15) is 4.79 Å². The molecule has 0 unspecified atom stereocenters. The molecule has 1 aromatic carbocycles. The SMILES string of the molecule is COc1ccc2ncn([C@@H](C)Cc3cc(C)[nH]n3)c(=O)c2c1. The molecule has 114 valence electrons. The van der Waals surface area contributed by atoms with Crippen LogP contribution in [0.2, 0.25) is 0 Å². The summed E-state index contributed by atoms with van der Waals surface area (Å²) in [6, 6.07) is 7.28. The van der Waals surface area contributed by atoms with Gasteiger partial charge in [0.15, 0.2) is 0 Å². The molecule has 0 saturated heterocycles. The number of benzene rings is 1. The predicted molar refractivity (Wildman–Crippen MR) is 84.3 cm³/mol. The van der Waals surface area contributed by atoms with Crippen molar-refractivity contribution in [2.24, 2.45) is 0 Å². The van der Waals surface area contributed by atoms with Crippen molar-refractivity contribution >= 4 is 10.9 Å². The smallest absolute Gasteiger partial charge is 0.261 e. The van der Waals surface area contributed by atoms with Crippen molar-refractivity contribution in [1.29, 1.82) is 0 Å². The fraction of sp³-hybridized carbons (Fsp3) is 0.312. The second-order valence-electron chi connectivity index (χ2n) is 5.44. The van der Waals surface area contributed by atoms with Crippen molar-refractivity contribution < 1.29 is 4.74 Å². The van der Waals surface area contributed by atoms with Crippen molar-refractivity contribution in [3.63, 3.8) is 0 Å². The summed E-state index contributed by atoms with van der Waals surface area (Å²) in [5, 5.41) is 7.70. The first-order valence-electron chi connectivity index (χ1n) is 7.14. The van der Waals surface area contributed by atoms with E-state index in [0.29, 0.717) is 23.1 Å². The van der Waals surface area contributed by atoms with E-state index in [1.807, 2.05) is 19.9 Å². The molecular weight excluding hydrogens is 280 g/mol. The Labute approximate surface area is 127 Å². The number of ether oxygens (including phenoxy) is 1. The Morgan fingerprint density at radius 1 is 1.36 bits per heavy atom. The molecule has 0 spiro atoms. The van der Waals surface area contributed by atoms with E-state index >= 15 is 0 Å². The fourth-order valence-electron chi connectivity index (χ4n) is 2.54. The van der Waals surface area contributed by atoms with Crippen LogP contribution in [-0.2, 0) is 6.42 Å². The van der Waals surface area contributed by atoms with E-state index < -0.39 is 0 Å². The van der Waals surface area contributed by atoms with Crippen molar-refractivity contribution in [2.45, 2.75) is 26.3 Å². The van der Waals surface area contributed by atoms with Gasteiger partial charge in [-0.2, -0.15) is 5.10 Å². The first-order valence-corrected chi connectivity index (χ1v) is 7.14. The number of fused-ring (bicyclic) bond motifs is 1. The highest BCUT2D eigenvalue weighted by Crippen LogP contribution is 2.17. The summed E-state index contributed by atoms with van der Waals surface area (Å²) >= 11 is 0.